The molecule has 4 heteroatoms. The first-order valence-corrected chi connectivity index (χ1v) is 5.13. The van der Waals surface area contributed by atoms with Crippen molar-refractivity contribution in [2.45, 2.75) is 6.42 Å². The molecular formula is C12H16N2O2. The first kappa shape index (κ1) is 12.1. The first-order chi connectivity index (χ1) is 7.74. The molecule has 0 aromatic heterocycles. The van der Waals surface area contributed by atoms with Crippen LogP contribution in [0.3, 0.4) is 0 Å². The third kappa shape index (κ3) is 4.04. The lowest BCUT2D eigenvalue weighted by Crippen LogP contribution is -2.36. The summed E-state index contributed by atoms with van der Waals surface area (Å²) in [5, 5.41) is 14.8. The van der Waals surface area contributed by atoms with Gasteiger partial charge in [-0.1, -0.05) is 24.3 Å². The number of benzene rings is 1. The molecule has 0 unspecified atom stereocenters. The van der Waals surface area contributed by atoms with Crippen LogP contribution >= 0.6 is 0 Å². The van der Waals surface area contributed by atoms with E-state index in [9.17, 15) is 9.90 Å². The summed E-state index contributed by atoms with van der Waals surface area (Å²) in [6.45, 7) is 4.43. The van der Waals surface area contributed by atoms with Crippen LogP contribution in [-0.2, 0) is 6.42 Å². The van der Waals surface area contributed by atoms with Gasteiger partial charge in [-0.05, 0) is 18.1 Å². The second-order valence-electron chi connectivity index (χ2n) is 3.30. The number of aromatic hydroxyl groups is 1. The largest absolute Gasteiger partial charge is 0.508 e. The van der Waals surface area contributed by atoms with Gasteiger partial charge in [0.05, 0.1) is 0 Å². The fraction of sp³-hybridized carbons (Fsp3) is 0.250. The number of carbonyl (C=O) groups excluding carboxylic acids is 1. The highest BCUT2D eigenvalue weighted by Gasteiger charge is 2.01. The van der Waals surface area contributed by atoms with Gasteiger partial charge in [0.2, 0.25) is 0 Å². The Balaban J connectivity index is 2.28. The SMILES string of the molecule is C=CCNC(=O)NCCc1ccccc1O. The van der Waals surface area contributed by atoms with E-state index in [2.05, 4.69) is 17.2 Å². The van der Waals surface area contributed by atoms with Gasteiger partial charge in [0.25, 0.3) is 0 Å². The monoisotopic (exact) mass is 220 g/mol. The number of phenolic OH excluding ortho intramolecular Hbond substituents is 1. The molecule has 3 N–H and O–H groups in total. The van der Waals surface area contributed by atoms with Crippen molar-refractivity contribution in [3.05, 3.63) is 42.5 Å². The van der Waals surface area contributed by atoms with E-state index in [0.29, 0.717) is 19.5 Å². The number of para-hydroxylation sites is 1. The summed E-state index contributed by atoms with van der Waals surface area (Å²) in [6, 6.07) is 6.86. The van der Waals surface area contributed by atoms with Crippen molar-refractivity contribution >= 4 is 6.03 Å². The Morgan fingerprint density at radius 2 is 2.12 bits per heavy atom. The van der Waals surface area contributed by atoms with Crippen molar-refractivity contribution in [1.82, 2.24) is 10.6 Å². The zero-order valence-corrected chi connectivity index (χ0v) is 9.07. The summed E-state index contributed by atoms with van der Waals surface area (Å²) in [5.41, 5.74) is 0.825. The highest BCUT2D eigenvalue weighted by Crippen LogP contribution is 2.15. The normalized spacial score (nSPS) is 9.50. The molecule has 0 saturated carbocycles. The van der Waals surface area contributed by atoms with E-state index in [-0.39, 0.29) is 11.8 Å². The third-order valence-electron chi connectivity index (χ3n) is 2.08. The Bertz CT molecular complexity index is 364. The van der Waals surface area contributed by atoms with Gasteiger partial charge in [0, 0.05) is 13.1 Å². The second kappa shape index (κ2) is 6.50. The molecule has 0 bridgehead atoms. The number of carbonyl (C=O) groups is 1. The lowest BCUT2D eigenvalue weighted by Gasteiger charge is -2.06. The van der Waals surface area contributed by atoms with Crippen molar-refractivity contribution in [3.63, 3.8) is 0 Å². The Morgan fingerprint density at radius 1 is 1.38 bits per heavy atom. The predicted molar refractivity (Wildman–Crippen MR) is 63.4 cm³/mol. The molecule has 0 aliphatic carbocycles. The van der Waals surface area contributed by atoms with Crippen LogP contribution in [0.1, 0.15) is 5.56 Å². The van der Waals surface area contributed by atoms with E-state index in [4.69, 9.17) is 0 Å². The molecule has 4 nitrogen and oxygen atoms in total. The fourth-order valence-corrected chi connectivity index (χ4v) is 1.26. The highest BCUT2D eigenvalue weighted by molar-refractivity contribution is 5.73. The first-order valence-electron chi connectivity index (χ1n) is 5.13. The second-order valence-corrected chi connectivity index (χ2v) is 3.30. The van der Waals surface area contributed by atoms with Crippen LogP contribution in [0, 0.1) is 0 Å². The van der Waals surface area contributed by atoms with E-state index in [1.165, 1.54) is 0 Å². The van der Waals surface area contributed by atoms with Crippen LogP contribution in [0.5, 0.6) is 5.75 Å². The van der Waals surface area contributed by atoms with Gasteiger partial charge < -0.3 is 15.7 Å². The minimum absolute atomic E-state index is 0.227. The van der Waals surface area contributed by atoms with E-state index in [0.717, 1.165) is 5.56 Å². The van der Waals surface area contributed by atoms with Gasteiger partial charge in [-0.25, -0.2) is 4.79 Å². The van der Waals surface area contributed by atoms with Gasteiger partial charge in [-0.2, -0.15) is 0 Å². The molecule has 0 fully saturated rings. The zero-order valence-electron chi connectivity index (χ0n) is 9.07. The Labute approximate surface area is 95.0 Å². The molecule has 16 heavy (non-hydrogen) atoms. The molecule has 0 saturated heterocycles. The molecule has 0 aliphatic rings. The maximum absolute atomic E-state index is 11.1. The topological polar surface area (TPSA) is 61.4 Å². The molecular weight excluding hydrogens is 204 g/mol. The molecule has 1 rings (SSSR count). The average molecular weight is 220 g/mol. The maximum Gasteiger partial charge on any atom is 0.315 e. The average Bonchev–Trinajstić information content (AvgIpc) is 2.29. The van der Waals surface area contributed by atoms with Gasteiger partial charge in [0.15, 0.2) is 0 Å². The van der Waals surface area contributed by atoms with Crippen molar-refractivity contribution in [2.75, 3.05) is 13.1 Å². The van der Waals surface area contributed by atoms with E-state index in [1.807, 2.05) is 12.1 Å². The summed E-state index contributed by atoms with van der Waals surface area (Å²) in [4.78, 5) is 11.1. The minimum Gasteiger partial charge on any atom is -0.508 e. The number of rotatable bonds is 5. The van der Waals surface area contributed by atoms with Gasteiger partial charge in [-0.3, -0.25) is 0 Å². The molecule has 0 aliphatic heterocycles. The standard InChI is InChI=1S/C12H16N2O2/c1-2-8-13-12(16)14-9-7-10-5-3-4-6-11(10)15/h2-6,15H,1,7-9H2,(H2,13,14,16). The van der Waals surface area contributed by atoms with Crippen LogP contribution in [-0.4, -0.2) is 24.2 Å². The van der Waals surface area contributed by atoms with Crippen LogP contribution in [0.25, 0.3) is 0 Å². The molecule has 1 aromatic carbocycles. The van der Waals surface area contributed by atoms with Crippen LogP contribution in [0.15, 0.2) is 36.9 Å². The van der Waals surface area contributed by atoms with Crippen LogP contribution in [0.4, 0.5) is 4.79 Å². The highest BCUT2D eigenvalue weighted by atomic mass is 16.3. The number of hydrogen-bond donors (Lipinski definition) is 3. The molecule has 86 valence electrons. The smallest absolute Gasteiger partial charge is 0.315 e. The van der Waals surface area contributed by atoms with E-state index in [1.54, 1.807) is 18.2 Å². The summed E-state index contributed by atoms with van der Waals surface area (Å²) in [7, 11) is 0. The number of phenols is 1. The third-order valence-corrected chi connectivity index (χ3v) is 2.08. The summed E-state index contributed by atoms with van der Waals surface area (Å²) in [6.07, 6.45) is 2.22. The van der Waals surface area contributed by atoms with Crippen molar-refractivity contribution in [2.24, 2.45) is 0 Å². The number of amides is 2. The number of urea groups is 1. The Hall–Kier alpha value is -1.97. The lowest BCUT2D eigenvalue weighted by atomic mass is 10.1. The van der Waals surface area contributed by atoms with E-state index >= 15 is 0 Å². The van der Waals surface area contributed by atoms with Crippen molar-refractivity contribution < 1.29 is 9.90 Å². The molecule has 1 aromatic rings. The lowest BCUT2D eigenvalue weighted by molar-refractivity contribution is 0.242. The molecule has 0 radical (unpaired) electrons. The molecule has 0 spiro atoms. The molecule has 0 atom stereocenters. The van der Waals surface area contributed by atoms with Crippen molar-refractivity contribution in [1.29, 1.82) is 0 Å². The van der Waals surface area contributed by atoms with Crippen LogP contribution < -0.4 is 10.6 Å². The summed E-state index contributed by atoms with van der Waals surface area (Å²) >= 11 is 0. The predicted octanol–water partition coefficient (Wildman–Crippen LogP) is 1.42. The Morgan fingerprint density at radius 3 is 2.81 bits per heavy atom. The molecule has 2 amide bonds. The zero-order chi connectivity index (χ0) is 11.8. The quantitative estimate of drug-likeness (QED) is 0.657. The van der Waals surface area contributed by atoms with Gasteiger partial charge in [-0.15, -0.1) is 6.58 Å². The minimum atomic E-state index is -0.227. The summed E-state index contributed by atoms with van der Waals surface area (Å²) in [5.74, 6) is 0.260. The molecule has 0 heterocycles. The van der Waals surface area contributed by atoms with E-state index < -0.39 is 0 Å². The van der Waals surface area contributed by atoms with Crippen LogP contribution in [0.2, 0.25) is 0 Å². The van der Waals surface area contributed by atoms with Crippen molar-refractivity contribution in [3.8, 4) is 5.75 Å². The van der Waals surface area contributed by atoms with Gasteiger partial charge >= 0.3 is 6.03 Å². The number of hydrogen-bond acceptors (Lipinski definition) is 2. The van der Waals surface area contributed by atoms with Gasteiger partial charge in [0.1, 0.15) is 5.75 Å². The summed E-state index contributed by atoms with van der Waals surface area (Å²) < 4.78 is 0. The number of nitrogens with one attached hydrogen (secondary N) is 2. The fourth-order valence-electron chi connectivity index (χ4n) is 1.26. The Kier molecular flexibility index (Phi) is 4.92. The maximum atomic E-state index is 11.1.